The molecule has 100 valence electrons. The van der Waals surface area contributed by atoms with E-state index < -0.39 is 0 Å². The van der Waals surface area contributed by atoms with Gasteiger partial charge in [-0.15, -0.1) is 0 Å². The summed E-state index contributed by atoms with van der Waals surface area (Å²) < 4.78 is 0. The van der Waals surface area contributed by atoms with Crippen LogP contribution in [0.5, 0.6) is 0 Å². The molecule has 0 aliphatic heterocycles. The van der Waals surface area contributed by atoms with E-state index in [4.69, 9.17) is 5.73 Å². The van der Waals surface area contributed by atoms with Gasteiger partial charge in [0.25, 0.3) is 0 Å². The number of rotatable bonds is 6. The number of amides is 1. The Hall–Kier alpha value is -1.78. The molecule has 0 saturated carbocycles. The number of nitrogen functional groups attached to an aromatic ring is 1. The molecule has 5 nitrogen and oxygen atoms in total. The van der Waals surface area contributed by atoms with Gasteiger partial charge in [-0.2, -0.15) is 0 Å². The summed E-state index contributed by atoms with van der Waals surface area (Å²) in [5.41, 5.74) is 7.44. The van der Waals surface area contributed by atoms with E-state index in [9.17, 15) is 4.79 Å². The van der Waals surface area contributed by atoms with Crippen LogP contribution >= 0.6 is 0 Å². The van der Waals surface area contributed by atoms with E-state index in [2.05, 4.69) is 29.5 Å². The van der Waals surface area contributed by atoms with Gasteiger partial charge in [-0.05, 0) is 24.5 Å². The van der Waals surface area contributed by atoms with Crippen molar-refractivity contribution in [3.63, 3.8) is 0 Å². The number of nitrogens with one attached hydrogen (secondary N) is 2. The molecular weight excluding hydrogens is 228 g/mol. The first-order chi connectivity index (χ1) is 8.49. The van der Waals surface area contributed by atoms with E-state index in [1.165, 1.54) is 0 Å². The van der Waals surface area contributed by atoms with Gasteiger partial charge >= 0.3 is 0 Å². The SMILES string of the molecule is Cc1cnc(NCCC(=O)NCC(C)C)c(N)c1. The fourth-order valence-corrected chi connectivity index (χ4v) is 1.44. The lowest BCUT2D eigenvalue weighted by Gasteiger charge is -2.10. The zero-order chi connectivity index (χ0) is 13.5. The molecule has 1 rings (SSSR count). The number of pyridine rings is 1. The maximum Gasteiger partial charge on any atom is 0.221 e. The number of hydrogen-bond acceptors (Lipinski definition) is 4. The first kappa shape index (κ1) is 14.3. The van der Waals surface area contributed by atoms with Crippen LogP contribution in [0, 0.1) is 12.8 Å². The average molecular weight is 250 g/mol. The molecule has 4 N–H and O–H groups in total. The molecule has 0 atom stereocenters. The summed E-state index contributed by atoms with van der Waals surface area (Å²) in [4.78, 5) is 15.7. The molecule has 0 aromatic carbocycles. The predicted octanol–water partition coefficient (Wildman–Crippen LogP) is 1.55. The Labute approximate surface area is 108 Å². The Kier molecular flexibility index (Phi) is 5.42. The molecule has 1 heterocycles. The number of nitrogens with zero attached hydrogens (tertiary/aromatic N) is 1. The number of hydrogen-bond donors (Lipinski definition) is 3. The number of nitrogens with two attached hydrogens (primary N) is 1. The van der Waals surface area contributed by atoms with Crippen LogP contribution in [-0.2, 0) is 4.79 Å². The van der Waals surface area contributed by atoms with Crippen LogP contribution in [0.4, 0.5) is 11.5 Å². The summed E-state index contributed by atoms with van der Waals surface area (Å²) in [6, 6.07) is 1.86. The van der Waals surface area contributed by atoms with Crippen molar-refractivity contribution in [2.45, 2.75) is 27.2 Å². The third-order valence-corrected chi connectivity index (χ3v) is 2.41. The lowest BCUT2D eigenvalue weighted by molar-refractivity contribution is -0.120. The van der Waals surface area contributed by atoms with Crippen LogP contribution in [0.1, 0.15) is 25.8 Å². The molecule has 0 unspecified atom stereocenters. The second kappa shape index (κ2) is 6.83. The Morgan fingerprint density at radius 2 is 2.22 bits per heavy atom. The minimum Gasteiger partial charge on any atom is -0.396 e. The molecule has 1 amide bonds. The second-order valence-corrected chi connectivity index (χ2v) is 4.83. The lowest BCUT2D eigenvalue weighted by atomic mass is 10.2. The molecule has 0 aliphatic rings. The predicted molar refractivity (Wildman–Crippen MR) is 74.3 cm³/mol. The zero-order valence-electron chi connectivity index (χ0n) is 11.3. The van der Waals surface area contributed by atoms with Gasteiger partial charge in [0.05, 0.1) is 5.69 Å². The molecule has 0 bridgehead atoms. The summed E-state index contributed by atoms with van der Waals surface area (Å²) in [5.74, 6) is 1.15. The first-order valence-electron chi connectivity index (χ1n) is 6.21. The summed E-state index contributed by atoms with van der Waals surface area (Å²) in [5, 5.41) is 5.92. The highest BCUT2D eigenvalue weighted by atomic mass is 16.1. The van der Waals surface area contributed by atoms with Gasteiger partial charge in [-0.25, -0.2) is 4.98 Å². The fourth-order valence-electron chi connectivity index (χ4n) is 1.44. The average Bonchev–Trinajstić information content (AvgIpc) is 2.29. The molecule has 0 saturated heterocycles. The fraction of sp³-hybridized carbons (Fsp3) is 0.538. The molecule has 0 spiro atoms. The van der Waals surface area contributed by atoms with Crippen molar-refractivity contribution in [1.82, 2.24) is 10.3 Å². The van der Waals surface area contributed by atoms with E-state index in [0.29, 0.717) is 36.9 Å². The van der Waals surface area contributed by atoms with Gasteiger partial charge in [0.1, 0.15) is 5.82 Å². The van der Waals surface area contributed by atoms with E-state index in [-0.39, 0.29) is 5.91 Å². The van der Waals surface area contributed by atoms with Crippen molar-refractivity contribution in [3.05, 3.63) is 17.8 Å². The topological polar surface area (TPSA) is 80.0 Å². The maximum atomic E-state index is 11.5. The largest absolute Gasteiger partial charge is 0.396 e. The normalized spacial score (nSPS) is 10.4. The van der Waals surface area contributed by atoms with Gasteiger partial charge in [-0.3, -0.25) is 4.79 Å². The molecule has 0 radical (unpaired) electrons. The zero-order valence-corrected chi connectivity index (χ0v) is 11.3. The highest BCUT2D eigenvalue weighted by Gasteiger charge is 2.04. The number of aryl methyl sites for hydroxylation is 1. The number of carbonyl (C=O) groups excluding carboxylic acids is 1. The Bertz CT molecular complexity index is 404. The van der Waals surface area contributed by atoms with Crippen LogP contribution in [-0.4, -0.2) is 24.0 Å². The lowest BCUT2D eigenvalue weighted by Crippen LogP contribution is -2.28. The highest BCUT2D eigenvalue weighted by molar-refractivity contribution is 5.76. The minimum atomic E-state index is 0.0434. The smallest absolute Gasteiger partial charge is 0.221 e. The van der Waals surface area contributed by atoms with Crippen molar-refractivity contribution in [3.8, 4) is 0 Å². The quantitative estimate of drug-likeness (QED) is 0.715. The summed E-state index contributed by atoms with van der Waals surface area (Å²) in [6.07, 6.45) is 2.17. The first-order valence-corrected chi connectivity index (χ1v) is 6.21. The minimum absolute atomic E-state index is 0.0434. The van der Waals surface area contributed by atoms with Crippen LogP contribution in [0.15, 0.2) is 12.3 Å². The third-order valence-electron chi connectivity index (χ3n) is 2.41. The van der Waals surface area contributed by atoms with E-state index >= 15 is 0 Å². The number of anilines is 2. The van der Waals surface area contributed by atoms with E-state index in [1.807, 2.05) is 13.0 Å². The highest BCUT2D eigenvalue weighted by Crippen LogP contribution is 2.15. The van der Waals surface area contributed by atoms with Gasteiger partial charge in [0.15, 0.2) is 0 Å². The van der Waals surface area contributed by atoms with Gasteiger partial charge in [0.2, 0.25) is 5.91 Å². The van der Waals surface area contributed by atoms with Gasteiger partial charge in [-0.1, -0.05) is 13.8 Å². The Morgan fingerprint density at radius 1 is 1.50 bits per heavy atom. The van der Waals surface area contributed by atoms with Crippen LogP contribution in [0.25, 0.3) is 0 Å². The molecule has 0 aliphatic carbocycles. The Balaban J connectivity index is 2.31. The molecule has 0 fully saturated rings. The van der Waals surface area contributed by atoms with Crippen LogP contribution in [0.2, 0.25) is 0 Å². The second-order valence-electron chi connectivity index (χ2n) is 4.83. The van der Waals surface area contributed by atoms with E-state index in [1.54, 1.807) is 6.20 Å². The standard InChI is InChI=1S/C13H22N4O/c1-9(2)7-16-12(18)4-5-15-13-11(14)6-10(3)8-17-13/h6,8-9H,4-5,7,14H2,1-3H3,(H,15,17)(H,16,18). The Morgan fingerprint density at radius 3 is 2.83 bits per heavy atom. The number of aromatic nitrogens is 1. The third kappa shape index (κ3) is 5.03. The van der Waals surface area contributed by atoms with Gasteiger partial charge < -0.3 is 16.4 Å². The van der Waals surface area contributed by atoms with Gasteiger partial charge in [0, 0.05) is 25.7 Å². The monoisotopic (exact) mass is 250 g/mol. The molecular formula is C13H22N4O. The maximum absolute atomic E-state index is 11.5. The van der Waals surface area contributed by atoms with Crippen LogP contribution < -0.4 is 16.4 Å². The molecule has 18 heavy (non-hydrogen) atoms. The van der Waals surface area contributed by atoms with Crippen molar-refractivity contribution in [2.24, 2.45) is 5.92 Å². The van der Waals surface area contributed by atoms with E-state index in [0.717, 1.165) is 5.56 Å². The van der Waals surface area contributed by atoms with Crippen molar-refractivity contribution >= 4 is 17.4 Å². The molecule has 1 aromatic rings. The van der Waals surface area contributed by atoms with Crippen molar-refractivity contribution in [2.75, 3.05) is 24.1 Å². The van der Waals surface area contributed by atoms with Crippen molar-refractivity contribution in [1.29, 1.82) is 0 Å². The number of carbonyl (C=O) groups is 1. The van der Waals surface area contributed by atoms with Crippen LogP contribution in [0.3, 0.4) is 0 Å². The summed E-state index contributed by atoms with van der Waals surface area (Å²) in [6.45, 7) is 7.31. The summed E-state index contributed by atoms with van der Waals surface area (Å²) in [7, 11) is 0. The molecule has 1 aromatic heterocycles. The summed E-state index contributed by atoms with van der Waals surface area (Å²) >= 11 is 0. The van der Waals surface area contributed by atoms with Crippen molar-refractivity contribution < 1.29 is 4.79 Å². The molecule has 5 heteroatoms.